The number of ether oxygens (including phenoxy) is 2. The number of carbonyl (C=O) groups is 3. The van der Waals surface area contributed by atoms with Crippen LogP contribution in [0.4, 0.5) is 15.8 Å². The van der Waals surface area contributed by atoms with E-state index in [1.807, 2.05) is 49.4 Å². The van der Waals surface area contributed by atoms with Crippen LogP contribution >= 0.6 is 23.1 Å². The van der Waals surface area contributed by atoms with Crippen molar-refractivity contribution in [2.75, 3.05) is 24.4 Å². The van der Waals surface area contributed by atoms with Crippen molar-refractivity contribution in [1.82, 2.24) is 4.57 Å². The first-order valence-electron chi connectivity index (χ1n) is 15.8. The van der Waals surface area contributed by atoms with Gasteiger partial charge >= 0.3 is 4.87 Å². The van der Waals surface area contributed by atoms with E-state index >= 15 is 0 Å². The number of nitrogens with zero attached hydrogens (tertiary/aromatic N) is 2. The van der Waals surface area contributed by atoms with Crippen molar-refractivity contribution in [3.05, 3.63) is 98.2 Å². The number of hydrogen-bond acceptors (Lipinski definition) is 8. The van der Waals surface area contributed by atoms with Crippen LogP contribution in [0.2, 0.25) is 0 Å². The summed E-state index contributed by atoms with van der Waals surface area (Å²) in [4.78, 5) is 56.9. The molecule has 0 radical (unpaired) electrons. The molecule has 12 heteroatoms. The van der Waals surface area contributed by atoms with Gasteiger partial charge in [-0.2, -0.15) is 0 Å². The maximum absolute atomic E-state index is 14.1. The first-order valence-corrected chi connectivity index (χ1v) is 17.5. The Morgan fingerprint density at radius 2 is 1.60 bits per heavy atom. The number of amides is 3. The van der Waals surface area contributed by atoms with Crippen molar-refractivity contribution in [2.45, 2.75) is 36.1 Å². The molecule has 3 fully saturated rings. The molecule has 3 heterocycles. The average molecular weight is 686 g/mol. The van der Waals surface area contributed by atoms with Crippen LogP contribution < -0.4 is 24.6 Å². The number of imide groups is 1. The summed E-state index contributed by atoms with van der Waals surface area (Å²) in [5.74, 6) is -1.31. The number of aromatic nitrogens is 1. The van der Waals surface area contributed by atoms with Crippen LogP contribution in [-0.2, 0) is 20.9 Å². The number of thioether (sulfide) groups is 1. The van der Waals surface area contributed by atoms with Crippen molar-refractivity contribution in [3.63, 3.8) is 0 Å². The van der Waals surface area contributed by atoms with E-state index in [9.17, 15) is 23.6 Å². The highest BCUT2D eigenvalue weighted by Gasteiger charge is 2.69. The Kier molecular flexibility index (Phi) is 7.48. The molecular weight excluding hydrogens is 654 g/mol. The van der Waals surface area contributed by atoms with Crippen molar-refractivity contribution in [3.8, 4) is 11.5 Å². The Bertz CT molecular complexity index is 2030. The molecule has 3 aromatic carbocycles. The second kappa shape index (κ2) is 11.6. The van der Waals surface area contributed by atoms with Crippen LogP contribution in [0, 0.1) is 42.3 Å². The topological polar surface area (TPSA) is 107 Å². The molecule has 48 heavy (non-hydrogen) atoms. The van der Waals surface area contributed by atoms with Gasteiger partial charge in [-0.25, -0.2) is 4.39 Å². The van der Waals surface area contributed by atoms with Crippen LogP contribution in [0.15, 0.2) is 76.6 Å². The molecule has 2 bridgehead atoms. The van der Waals surface area contributed by atoms with Crippen molar-refractivity contribution in [2.24, 2.45) is 29.6 Å². The number of methoxy groups -OCH3 is 2. The Morgan fingerprint density at radius 3 is 2.29 bits per heavy atom. The minimum absolute atomic E-state index is 0.0267. The molecule has 1 aromatic heterocycles. The summed E-state index contributed by atoms with van der Waals surface area (Å²) in [5.41, 5.74) is 2.99. The molecular formula is C36H32FN3O6S2. The van der Waals surface area contributed by atoms with Gasteiger partial charge < -0.3 is 14.8 Å². The molecule has 2 aliphatic carbocycles. The summed E-state index contributed by atoms with van der Waals surface area (Å²) in [6, 6.07) is 18.7. The Balaban J connectivity index is 1.20. The standard InChI is InChI=1S/C36H32FN3O6S2/c1-17-4-11-21(12-5-17)40-33(42)29-22-15-23(30(29)34(40)43)31-28(22)27(18-6-13-24(45-2)25(14-18)46-3)32-35(47-31)39(36(44)48-32)16-26(41)38-20-9-7-19(37)8-10-20/h4-14,22-23,27-31H,15-16H2,1-3H3,(H,38,41). The summed E-state index contributed by atoms with van der Waals surface area (Å²) in [7, 11) is 3.15. The molecule has 2 aliphatic heterocycles. The van der Waals surface area contributed by atoms with Crippen molar-refractivity contribution < 1.29 is 28.2 Å². The minimum Gasteiger partial charge on any atom is -0.493 e. The number of carbonyl (C=O) groups excluding carboxylic acids is 3. The highest BCUT2D eigenvalue weighted by molar-refractivity contribution is 8.00. The zero-order valence-corrected chi connectivity index (χ0v) is 28.0. The smallest absolute Gasteiger partial charge is 0.308 e. The molecule has 2 saturated carbocycles. The van der Waals surface area contributed by atoms with Gasteiger partial charge in [-0.3, -0.25) is 28.6 Å². The van der Waals surface area contributed by atoms with Gasteiger partial charge in [-0.15, -0.1) is 11.8 Å². The molecule has 9 nitrogen and oxygen atoms in total. The largest absolute Gasteiger partial charge is 0.493 e. The normalized spacial score (nSPS) is 26.7. The zero-order valence-electron chi connectivity index (χ0n) is 26.3. The average Bonchev–Trinajstić information content (AvgIpc) is 3.80. The molecule has 0 spiro atoms. The number of rotatable bonds is 7. The molecule has 8 rings (SSSR count). The van der Waals surface area contributed by atoms with Crippen LogP contribution in [0.3, 0.4) is 0 Å². The summed E-state index contributed by atoms with van der Waals surface area (Å²) < 4.78 is 26.1. The van der Waals surface area contributed by atoms with Crippen LogP contribution in [0.1, 0.15) is 28.3 Å². The Labute approximate surface area is 284 Å². The van der Waals surface area contributed by atoms with E-state index in [2.05, 4.69) is 5.32 Å². The monoisotopic (exact) mass is 685 g/mol. The van der Waals surface area contributed by atoms with E-state index < -0.39 is 23.6 Å². The first-order chi connectivity index (χ1) is 23.2. The van der Waals surface area contributed by atoms with Gasteiger partial charge in [-0.1, -0.05) is 35.1 Å². The quantitative estimate of drug-likeness (QED) is 0.249. The van der Waals surface area contributed by atoms with E-state index in [0.29, 0.717) is 27.9 Å². The highest BCUT2D eigenvalue weighted by Crippen LogP contribution is 2.69. The second-order valence-electron chi connectivity index (χ2n) is 12.9. The lowest BCUT2D eigenvalue weighted by atomic mass is 9.68. The van der Waals surface area contributed by atoms with Gasteiger partial charge in [0.15, 0.2) is 11.5 Å². The van der Waals surface area contributed by atoms with E-state index in [4.69, 9.17) is 9.47 Å². The molecule has 7 unspecified atom stereocenters. The fraction of sp³-hybridized carbons (Fsp3) is 0.333. The van der Waals surface area contributed by atoms with E-state index in [1.54, 1.807) is 26.0 Å². The molecule has 1 saturated heterocycles. The number of hydrogen-bond donors (Lipinski definition) is 1. The number of fused-ring (bicyclic) bond motifs is 9. The third-order valence-corrected chi connectivity index (χ3v) is 13.2. The second-order valence-corrected chi connectivity index (χ2v) is 15.1. The van der Waals surface area contributed by atoms with E-state index in [0.717, 1.165) is 33.8 Å². The number of benzene rings is 3. The molecule has 246 valence electrons. The van der Waals surface area contributed by atoms with E-state index in [1.165, 1.54) is 33.7 Å². The van der Waals surface area contributed by atoms with Gasteiger partial charge in [0.25, 0.3) is 0 Å². The Morgan fingerprint density at radius 1 is 0.917 bits per heavy atom. The summed E-state index contributed by atoms with van der Waals surface area (Å²) in [6.07, 6.45) is 0.741. The number of halogens is 1. The first kappa shape index (κ1) is 30.9. The lowest BCUT2D eigenvalue weighted by Gasteiger charge is -2.43. The van der Waals surface area contributed by atoms with Crippen molar-refractivity contribution >= 4 is 52.2 Å². The third kappa shape index (κ3) is 4.71. The number of aryl methyl sites for hydroxylation is 1. The van der Waals surface area contributed by atoms with Crippen LogP contribution in [0.5, 0.6) is 11.5 Å². The maximum Gasteiger partial charge on any atom is 0.308 e. The number of anilines is 2. The third-order valence-electron chi connectivity index (χ3n) is 10.4. The Hall–Kier alpha value is -4.42. The zero-order chi connectivity index (χ0) is 33.4. The number of nitrogens with one attached hydrogen (secondary N) is 1. The van der Waals surface area contributed by atoms with Gasteiger partial charge in [0.1, 0.15) is 12.4 Å². The molecule has 7 atom stereocenters. The predicted octanol–water partition coefficient (Wildman–Crippen LogP) is 5.69. The molecule has 4 aromatic rings. The van der Waals surface area contributed by atoms with Gasteiger partial charge in [-0.05, 0) is 85.2 Å². The lowest BCUT2D eigenvalue weighted by molar-refractivity contribution is -0.123. The van der Waals surface area contributed by atoms with Crippen LogP contribution in [-0.4, -0.2) is 41.8 Å². The fourth-order valence-corrected chi connectivity index (χ4v) is 11.6. The summed E-state index contributed by atoms with van der Waals surface area (Å²) >= 11 is 2.68. The summed E-state index contributed by atoms with van der Waals surface area (Å²) in [5, 5.41) is 3.41. The molecule has 4 aliphatic rings. The SMILES string of the molecule is COc1ccc(C2c3sc(=O)n(CC(=O)Nc4ccc(F)cc4)c3SC3C4CC(C5C(=O)N(c6ccc(C)cc6)C(=O)C45)C23)cc1OC. The summed E-state index contributed by atoms with van der Waals surface area (Å²) in [6.45, 7) is 1.75. The molecule has 3 amide bonds. The highest BCUT2D eigenvalue weighted by atomic mass is 32.2. The fourth-order valence-electron chi connectivity index (χ4n) is 8.50. The lowest BCUT2D eigenvalue weighted by Crippen LogP contribution is -2.43. The minimum atomic E-state index is -0.439. The van der Waals surface area contributed by atoms with Gasteiger partial charge in [0.2, 0.25) is 17.7 Å². The molecule has 1 N–H and O–H groups in total. The van der Waals surface area contributed by atoms with Crippen molar-refractivity contribution in [1.29, 1.82) is 0 Å². The van der Waals surface area contributed by atoms with Gasteiger partial charge in [0, 0.05) is 21.7 Å². The van der Waals surface area contributed by atoms with Gasteiger partial charge in [0.05, 0.1) is 36.8 Å². The number of thiazole rings is 1. The maximum atomic E-state index is 14.1. The van der Waals surface area contributed by atoms with Crippen LogP contribution in [0.25, 0.3) is 0 Å². The predicted molar refractivity (Wildman–Crippen MR) is 180 cm³/mol. The van der Waals surface area contributed by atoms with E-state index in [-0.39, 0.29) is 52.2 Å².